The van der Waals surface area contributed by atoms with E-state index in [1.54, 1.807) is 11.8 Å². The van der Waals surface area contributed by atoms with Gasteiger partial charge < -0.3 is 9.64 Å². The molecular weight excluding hydrogens is 258 g/mol. The van der Waals surface area contributed by atoms with E-state index in [1.165, 1.54) is 6.92 Å². The van der Waals surface area contributed by atoms with Crippen molar-refractivity contribution in [1.29, 1.82) is 0 Å². The van der Waals surface area contributed by atoms with Crippen molar-refractivity contribution >= 4 is 17.7 Å². The number of rotatable bonds is 10. The molecule has 0 aromatic carbocycles. The minimum absolute atomic E-state index is 0.307. The summed E-state index contributed by atoms with van der Waals surface area (Å²) in [6, 6.07) is 0. The fourth-order valence-electron chi connectivity index (χ4n) is 1.58. The topological polar surface area (TPSA) is 63.7 Å². The van der Waals surface area contributed by atoms with Crippen LogP contribution in [0.25, 0.3) is 0 Å². The van der Waals surface area contributed by atoms with Gasteiger partial charge in [0.2, 0.25) is 5.78 Å². The van der Waals surface area contributed by atoms with E-state index < -0.39 is 17.7 Å². The molecule has 0 fully saturated rings. The number of unbranched alkanes of at least 4 members (excludes halogenated alkanes) is 2. The first-order valence-corrected chi connectivity index (χ1v) is 7.02. The van der Waals surface area contributed by atoms with Crippen LogP contribution in [0, 0.1) is 0 Å². The number of ether oxygens (including phenoxy) is 1. The van der Waals surface area contributed by atoms with Gasteiger partial charge in [-0.25, -0.2) is 4.79 Å². The first-order chi connectivity index (χ1) is 9.40. The fraction of sp³-hybridized carbons (Fsp3) is 0.667. The van der Waals surface area contributed by atoms with Gasteiger partial charge in [0.05, 0.1) is 6.61 Å². The van der Waals surface area contributed by atoms with Gasteiger partial charge in [-0.3, -0.25) is 9.59 Å². The highest BCUT2D eigenvalue weighted by Gasteiger charge is 2.16. The fourth-order valence-corrected chi connectivity index (χ4v) is 1.58. The predicted molar refractivity (Wildman–Crippen MR) is 77.2 cm³/mol. The van der Waals surface area contributed by atoms with E-state index in [1.807, 2.05) is 6.92 Å². The van der Waals surface area contributed by atoms with Crippen LogP contribution in [-0.4, -0.2) is 42.3 Å². The summed E-state index contributed by atoms with van der Waals surface area (Å²) in [5.41, 5.74) is 0.376. The highest BCUT2D eigenvalue weighted by molar-refractivity contribution is 6.35. The van der Waals surface area contributed by atoms with E-state index in [9.17, 15) is 14.4 Å². The minimum atomic E-state index is -0.435. The Hall–Kier alpha value is -1.65. The summed E-state index contributed by atoms with van der Waals surface area (Å²) in [6.45, 7) is 9.84. The molecule has 0 aliphatic rings. The Balaban J connectivity index is 4.02. The standard InChI is InChI=1S/C15H25NO4/c1-5-6-9-16(14(18)13(4)17)10-7-8-11-20-15(19)12(2)3/h2,5-11H2,1,3-4H3. The molecule has 5 nitrogen and oxygen atoms in total. The lowest BCUT2D eigenvalue weighted by molar-refractivity contribution is -0.143. The van der Waals surface area contributed by atoms with Crippen molar-refractivity contribution in [1.82, 2.24) is 4.90 Å². The van der Waals surface area contributed by atoms with E-state index in [0.29, 0.717) is 38.1 Å². The van der Waals surface area contributed by atoms with Crippen molar-refractivity contribution in [2.24, 2.45) is 0 Å². The van der Waals surface area contributed by atoms with E-state index in [-0.39, 0.29) is 0 Å². The Bertz CT molecular complexity index is 363. The molecule has 0 aliphatic carbocycles. The monoisotopic (exact) mass is 283 g/mol. The van der Waals surface area contributed by atoms with Crippen LogP contribution in [0.5, 0.6) is 0 Å². The highest BCUT2D eigenvalue weighted by Crippen LogP contribution is 2.02. The smallest absolute Gasteiger partial charge is 0.333 e. The van der Waals surface area contributed by atoms with Gasteiger partial charge in [-0.15, -0.1) is 0 Å². The van der Waals surface area contributed by atoms with Crippen LogP contribution in [0.15, 0.2) is 12.2 Å². The molecule has 5 heteroatoms. The largest absolute Gasteiger partial charge is 0.462 e. The summed E-state index contributed by atoms with van der Waals surface area (Å²) in [6.07, 6.45) is 3.21. The van der Waals surface area contributed by atoms with Crippen LogP contribution in [0.4, 0.5) is 0 Å². The summed E-state index contributed by atoms with van der Waals surface area (Å²) in [4.78, 5) is 35.5. The number of hydrogen-bond acceptors (Lipinski definition) is 4. The van der Waals surface area contributed by atoms with Gasteiger partial charge in [-0.05, 0) is 26.2 Å². The maximum atomic E-state index is 11.7. The number of ketones is 1. The van der Waals surface area contributed by atoms with Crippen LogP contribution >= 0.6 is 0 Å². The Labute approximate surface area is 121 Å². The van der Waals surface area contributed by atoms with Crippen molar-refractivity contribution in [3.05, 3.63) is 12.2 Å². The Kier molecular flexibility index (Phi) is 9.34. The third-order valence-electron chi connectivity index (χ3n) is 2.77. The first-order valence-electron chi connectivity index (χ1n) is 7.02. The first kappa shape index (κ1) is 18.4. The second-order valence-corrected chi connectivity index (χ2v) is 4.83. The van der Waals surface area contributed by atoms with Gasteiger partial charge in [-0.1, -0.05) is 19.9 Å². The summed E-state index contributed by atoms with van der Waals surface area (Å²) in [5, 5.41) is 0. The molecule has 0 rings (SSSR count). The average Bonchev–Trinajstić information content (AvgIpc) is 2.40. The van der Waals surface area contributed by atoms with E-state index in [0.717, 1.165) is 12.8 Å². The molecule has 0 unspecified atom stereocenters. The van der Waals surface area contributed by atoms with E-state index >= 15 is 0 Å². The lowest BCUT2D eigenvalue weighted by atomic mass is 10.2. The van der Waals surface area contributed by atoms with E-state index in [2.05, 4.69) is 6.58 Å². The number of carbonyl (C=O) groups excluding carboxylic acids is 3. The summed E-state index contributed by atoms with van der Waals surface area (Å²) in [5.74, 6) is -1.26. The molecule has 0 aliphatic heterocycles. The van der Waals surface area contributed by atoms with Crippen molar-refractivity contribution in [2.75, 3.05) is 19.7 Å². The van der Waals surface area contributed by atoms with Crippen LogP contribution in [0.1, 0.15) is 46.5 Å². The molecular formula is C15H25NO4. The highest BCUT2D eigenvalue weighted by atomic mass is 16.5. The van der Waals surface area contributed by atoms with Gasteiger partial charge in [0.15, 0.2) is 0 Å². The second-order valence-electron chi connectivity index (χ2n) is 4.83. The van der Waals surface area contributed by atoms with Gasteiger partial charge in [0, 0.05) is 25.6 Å². The Morgan fingerprint density at radius 2 is 1.65 bits per heavy atom. The van der Waals surface area contributed by atoms with Crippen molar-refractivity contribution in [3.8, 4) is 0 Å². The van der Waals surface area contributed by atoms with Crippen molar-refractivity contribution in [2.45, 2.75) is 46.5 Å². The van der Waals surface area contributed by atoms with Crippen molar-refractivity contribution < 1.29 is 19.1 Å². The quantitative estimate of drug-likeness (QED) is 0.266. The molecule has 0 heterocycles. The van der Waals surface area contributed by atoms with Gasteiger partial charge in [0.1, 0.15) is 0 Å². The third-order valence-corrected chi connectivity index (χ3v) is 2.77. The molecule has 20 heavy (non-hydrogen) atoms. The lowest BCUT2D eigenvalue weighted by Gasteiger charge is -2.21. The number of hydrogen-bond donors (Lipinski definition) is 0. The number of nitrogens with zero attached hydrogens (tertiary/aromatic N) is 1. The molecule has 0 spiro atoms. The molecule has 0 atom stereocenters. The Morgan fingerprint density at radius 3 is 2.15 bits per heavy atom. The average molecular weight is 283 g/mol. The van der Waals surface area contributed by atoms with Gasteiger partial charge in [0.25, 0.3) is 5.91 Å². The number of carbonyl (C=O) groups is 3. The molecule has 0 aromatic rings. The van der Waals surface area contributed by atoms with Crippen LogP contribution in [0.3, 0.4) is 0 Å². The van der Waals surface area contributed by atoms with Gasteiger partial charge in [-0.2, -0.15) is 0 Å². The molecule has 1 amide bonds. The molecule has 114 valence electrons. The van der Waals surface area contributed by atoms with E-state index in [4.69, 9.17) is 4.74 Å². The normalized spacial score (nSPS) is 9.95. The maximum absolute atomic E-state index is 11.7. The SMILES string of the molecule is C=C(C)C(=O)OCCCCN(CCCC)C(=O)C(C)=O. The molecule has 0 bridgehead atoms. The minimum Gasteiger partial charge on any atom is -0.462 e. The third kappa shape index (κ3) is 7.71. The summed E-state index contributed by atoms with van der Waals surface area (Å²) in [7, 11) is 0. The van der Waals surface area contributed by atoms with Crippen LogP contribution in [-0.2, 0) is 19.1 Å². The molecule has 0 radical (unpaired) electrons. The summed E-state index contributed by atoms with van der Waals surface area (Å²) < 4.78 is 4.97. The zero-order valence-corrected chi connectivity index (χ0v) is 12.7. The van der Waals surface area contributed by atoms with Crippen LogP contribution < -0.4 is 0 Å². The van der Waals surface area contributed by atoms with Gasteiger partial charge >= 0.3 is 5.97 Å². The van der Waals surface area contributed by atoms with Crippen LogP contribution in [0.2, 0.25) is 0 Å². The molecule has 0 N–H and O–H groups in total. The molecule has 0 saturated heterocycles. The molecule has 0 aromatic heterocycles. The maximum Gasteiger partial charge on any atom is 0.333 e. The van der Waals surface area contributed by atoms with Crippen molar-refractivity contribution in [3.63, 3.8) is 0 Å². The number of amides is 1. The number of Topliss-reactive ketones (excluding diaryl/α,β-unsaturated/α-hetero) is 1. The molecule has 0 saturated carbocycles. The second kappa shape index (κ2) is 10.2. The predicted octanol–water partition coefficient (Wildman–Crippen LogP) is 2.10. The summed E-state index contributed by atoms with van der Waals surface area (Å²) >= 11 is 0. The zero-order chi connectivity index (χ0) is 15.5. The lowest BCUT2D eigenvalue weighted by Crippen LogP contribution is -2.37. The number of esters is 1. The Morgan fingerprint density at radius 1 is 1.05 bits per heavy atom. The zero-order valence-electron chi connectivity index (χ0n) is 12.7.